The normalized spacial score (nSPS) is 13.4. The van der Waals surface area contributed by atoms with Crippen LogP contribution in [0.4, 0.5) is 11.4 Å². The van der Waals surface area contributed by atoms with Crippen molar-refractivity contribution in [3.8, 4) is 0 Å². The number of primary sulfonamides is 1. The molecule has 0 saturated carbocycles. The Morgan fingerprint density at radius 2 is 1.59 bits per heavy atom. The predicted octanol–water partition coefficient (Wildman–Crippen LogP) is 2.36. The topological polar surface area (TPSA) is 156 Å². The maximum atomic E-state index is 12.1. The molecule has 0 saturated heterocycles. The fraction of sp³-hybridized carbons (Fsp3) is 0.0588. The minimum absolute atomic E-state index is 0.101. The van der Waals surface area contributed by atoms with Gasteiger partial charge in [-0.25, -0.2) is 13.6 Å². The Balaban J connectivity index is 2.22. The Kier molecular flexibility index (Phi) is 4.98. The van der Waals surface area contributed by atoms with E-state index in [9.17, 15) is 22.8 Å². The van der Waals surface area contributed by atoms with Crippen LogP contribution >= 0.6 is 7.60 Å². The average molecular weight is 407 g/mol. The van der Waals surface area contributed by atoms with Gasteiger partial charge in [-0.2, -0.15) is 0 Å². The number of hydrogen-bond donors (Lipinski definition) is 5. The molecule has 1 atom stereocenters. The minimum Gasteiger partial charge on any atom is -0.397 e. The van der Waals surface area contributed by atoms with Crippen LogP contribution in [0.15, 0.2) is 65.6 Å². The maximum absolute atomic E-state index is 12.1. The van der Waals surface area contributed by atoms with Gasteiger partial charge in [-0.15, -0.1) is 0 Å². The van der Waals surface area contributed by atoms with Crippen LogP contribution in [-0.2, 0) is 14.6 Å². The van der Waals surface area contributed by atoms with Crippen molar-refractivity contribution >= 4 is 39.8 Å². The number of rotatable bonds is 5. The third-order valence-electron chi connectivity index (χ3n) is 4.09. The summed E-state index contributed by atoms with van der Waals surface area (Å²) in [5.74, 6) is -1.36. The van der Waals surface area contributed by atoms with Crippen molar-refractivity contribution in [3.05, 3.63) is 66.2 Å². The highest BCUT2D eigenvalue weighted by Crippen LogP contribution is 2.52. The zero-order chi connectivity index (χ0) is 19.8. The highest BCUT2D eigenvalue weighted by atomic mass is 32.2. The molecule has 0 heterocycles. The molecule has 3 rings (SSSR count). The number of fused-ring (bicyclic) bond motifs is 1. The van der Waals surface area contributed by atoms with Gasteiger partial charge in [0.1, 0.15) is 0 Å². The number of benzene rings is 3. The Hall–Kier alpha value is -2.42. The van der Waals surface area contributed by atoms with Gasteiger partial charge in [0, 0.05) is 10.8 Å². The fourth-order valence-corrected chi connectivity index (χ4v) is 4.50. The molecule has 3 aromatic carbocycles. The van der Waals surface area contributed by atoms with Gasteiger partial charge < -0.3 is 20.8 Å². The van der Waals surface area contributed by atoms with E-state index in [1.807, 2.05) is 0 Å². The summed E-state index contributed by atoms with van der Waals surface area (Å²) < 4.78 is 35.8. The Morgan fingerprint density at radius 1 is 0.926 bits per heavy atom. The molecule has 1 unspecified atom stereocenters. The van der Waals surface area contributed by atoms with Crippen molar-refractivity contribution in [2.75, 3.05) is 11.1 Å². The lowest BCUT2D eigenvalue weighted by Gasteiger charge is -2.23. The van der Waals surface area contributed by atoms with Gasteiger partial charge in [0.05, 0.1) is 16.3 Å². The molecule has 0 aromatic heterocycles. The van der Waals surface area contributed by atoms with Crippen molar-refractivity contribution in [1.82, 2.24) is 0 Å². The van der Waals surface area contributed by atoms with Gasteiger partial charge in [-0.1, -0.05) is 48.5 Å². The number of sulfonamides is 1. The van der Waals surface area contributed by atoms with E-state index in [1.54, 1.807) is 36.4 Å². The van der Waals surface area contributed by atoms with Crippen LogP contribution in [0.2, 0.25) is 0 Å². The molecule has 8 nitrogen and oxygen atoms in total. The van der Waals surface area contributed by atoms with Crippen LogP contribution in [0.3, 0.4) is 0 Å². The summed E-state index contributed by atoms with van der Waals surface area (Å²) in [7, 11) is -8.61. The first-order chi connectivity index (χ1) is 12.6. The Labute approximate surface area is 156 Å². The molecule has 7 N–H and O–H groups in total. The molecule has 0 radical (unpaired) electrons. The van der Waals surface area contributed by atoms with Crippen LogP contribution in [0.1, 0.15) is 11.3 Å². The summed E-state index contributed by atoms with van der Waals surface area (Å²) in [5.41, 5.74) is 6.81. The number of anilines is 2. The van der Waals surface area contributed by atoms with Crippen molar-refractivity contribution in [1.29, 1.82) is 0 Å². The summed E-state index contributed by atoms with van der Waals surface area (Å²) in [4.78, 5) is 19.6. The molecule has 0 amide bonds. The number of nitrogens with one attached hydrogen (secondary N) is 1. The third kappa shape index (κ3) is 3.97. The van der Waals surface area contributed by atoms with Gasteiger partial charge in [-0.3, -0.25) is 4.57 Å². The van der Waals surface area contributed by atoms with E-state index < -0.39 is 23.4 Å². The molecule has 0 aliphatic rings. The minimum atomic E-state index is -4.62. The molecule has 0 bridgehead atoms. The molecule has 142 valence electrons. The molecule has 0 aliphatic carbocycles. The van der Waals surface area contributed by atoms with E-state index in [-0.39, 0.29) is 16.3 Å². The SMILES string of the molecule is Nc1ccc2c(S(N)(=O)=O)cccc2c1NC(c1ccccc1)P(=O)(O)O. The summed E-state index contributed by atoms with van der Waals surface area (Å²) in [5, 5.41) is 8.76. The molecule has 0 spiro atoms. The van der Waals surface area contributed by atoms with E-state index in [4.69, 9.17) is 10.9 Å². The second-order valence-electron chi connectivity index (χ2n) is 5.97. The number of hydrogen-bond acceptors (Lipinski definition) is 5. The van der Waals surface area contributed by atoms with Gasteiger partial charge >= 0.3 is 7.60 Å². The predicted molar refractivity (Wildman–Crippen MR) is 105 cm³/mol. The highest BCUT2D eigenvalue weighted by molar-refractivity contribution is 7.89. The maximum Gasteiger partial charge on any atom is 0.352 e. The summed E-state index contributed by atoms with van der Waals surface area (Å²) in [6, 6.07) is 15.6. The molecule has 10 heteroatoms. The molecular weight excluding hydrogens is 389 g/mol. The van der Waals surface area contributed by atoms with Crippen LogP contribution in [0.25, 0.3) is 10.8 Å². The van der Waals surface area contributed by atoms with Gasteiger partial charge in [0.15, 0.2) is 5.78 Å². The van der Waals surface area contributed by atoms with Gasteiger partial charge in [0.25, 0.3) is 0 Å². The van der Waals surface area contributed by atoms with Crippen LogP contribution < -0.4 is 16.2 Å². The summed E-state index contributed by atoms with van der Waals surface area (Å²) in [6.45, 7) is 0. The zero-order valence-electron chi connectivity index (χ0n) is 14.0. The first-order valence-corrected chi connectivity index (χ1v) is 11.0. The monoisotopic (exact) mass is 407 g/mol. The Morgan fingerprint density at radius 3 is 2.19 bits per heavy atom. The van der Waals surface area contributed by atoms with Crippen LogP contribution in [0.5, 0.6) is 0 Å². The van der Waals surface area contributed by atoms with Gasteiger partial charge in [-0.05, 0) is 17.7 Å². The largest absolute Gasteiger partial charge is 0.397 e. The van der Waals surface area contributed by atoms with Crippen molar-refractivity contribution in [2.45, 2.75) is 10.7 Å². The molecular formula is C17H18N3O5PS. The van der Waals surface area contributed by atoms with E-state index >= 15 is 0 Å². The Bertz CT molecular complexity index is 1150. The van der Waals surface area contributed by atoms with E-state index in [2.05, 4.69) is 5.32 Å². The van der Waals surface area contributed by atoms with Crippen molar-refractivity contribution < 1.29 is 22.8 Å². The highest BCUT2D eigenvalue weighted by Gasteiger charge is 2.31. The van der Waals surface area contributed by atoms with E-state index in [1.165, 1.54) is 24.3 Å². The van der Waals surface area contributed by atoms with E-state index in [0.29, 0.717) is 16.3 Å². The number of nitrogen functional groups attached to an aromatic ring is 1. The molecule has 0 fully saturated rings. The lowest BCUT2D eigenvalue weighted by molar-refractivity contribution is 0.363. The second kappa shape index (κ2) is 6.95. The summed E-state index contributed by atoms with van der Waals surface area (Å²) >= 11 is 0. The molecule has 27 heavy (non-hydrogen) atoms. The second-order valence-corrected chi connectivity index (χ2v) is 9.20. The average Bonchev–Trinajstić information content (AvgIpc) is 2.59. The van der Waals surface area contributed by atoms with E-state index in [0.717, 1.165) is 0 Å². The fourth-order valence-electron chi connectivity index (χ4n) is 2.89. The lowest BCUT2D eigenvalue weighted by atomic mass is 10.1. The standard InChI is InChI=1S/C17H18N3O5PS/c18-14-10-9-12-13(7-4-8-15(12)27(19,24)25)16(14)20-17(26(21,22)23)11-5-2-1-3-6-11/h1-10,17,20H,18H2,(H2,19,24,25)(H2,21,22,23). The lowest BCUT2D eigenvalue weighted by Crippen LogP contribution is -2.14. The van der Waals surface area contributed by atoms with Crippen molar-refractivity contribution in [2.24, 2.45) is 5.14 Å². The third-order valence-corrected chi connectivity index (χ3v) is 6.16. The van der Waals surface area contributed by atoms with Crippen LogP contribution in [0, 0.1) is 0 Å². The van der Waals surface area contributed by atoms with Crippen molar-refractivity contribution in [3.63, 3.8) is 0 Å². The number of nitrogens with two attached hydrogens (primary N) is 2. The van der Waals surface area contributed by atoms with Crippen LogP contribution in [-0.4, -0.2) is 18.2 Å². The smallest absolute Gasteiger partial charge is 0.352 e. The zero-order valence-corrected chi connectivity index (χ0v) is 15.7. The molecule has 0 aliphatic heterocycles. The first-order valence-electron chi connectivity index (χ1n) is 7.80. The molecule has 3 aromatic rings. The van der Waals surface area contributed by atoms with Gasteiger partial charge in [0.2, 0.25) is 10.0 Å². The first kappa shape index (κ1) is 19.3. The summed E-state index contributed by atoms with van der Waals surface area (Å²) in [6.07, 6.45) is 0. The quantitative estimate of drug-likeness (QED) is 0.321.